The minimum atomic E-state index is -0.740. The Morgan fingerprint density at radius 1 is 1.03 bits per heavy atom. The van der Waals surface area contributed by atoms with E-state index >= 15 is 0 Å². The summed E-state index contributed by atoms with van der Waals surface area (Å²) in [5, 5.41) is 9.70. The van der Waals surface area contributed by atoms with Gasteiger partial charge in [-0.25, -0.2) is 0 Å². The maximum Gasteiger partial charge on any atom is 0.297 e. The van der Waals surface area contributed by atoms with Gasteiger partial charge in [-0.2, -0.15) is 0 Å². The zero-order chi connectivity index (χ0) is 21.7. The van der Waals surface area contributed by atoms with Gasteiger partial charge in [0.15, 0.2) is 16.9 Å². The van der Waals surface area contributed by atoms with Crippen LogP contribution in [-0.4, -0.2) is 30.3 Å². The number of hydrogen-bond donors (Lipinski definition) is 0. The molecule has 8 nitrogen and oxygen atoms in total. The molecule has 1 unspecified atom stereocenters. The van der Waals surface area contributed by atoms with Gasteiger partial charge in [0.25, 0.3) is 5.91 Å². The number of carbonyl (C=O) groups excluding carboxylic acids is 1. The van der Waals surface area contributed by atoms with Crippen molar-refractivity contribution in [1.82, 2.24) is 10.2 Å². The number of para-hydroxylation sites is 1. The normalized spacial score (nSPS) is 15.4. The van der Waals surface area contributed by atoms with Crippen LogP contribution in [0, 0.1) is 6.92 Å². The molecule has 4 aromatic rings. The van der Waals surface area contributed by atoms with E-state index in [9.17, 15) is 9.59 Å². The highest BCUT2D eigenvalue weighted by Gasteiger charge is 2.45. The van der Waals surface area contributed by atoms with Crippen molar-refractivity contribution in [1.29, 1.82) is 0 Å². The molecule has 31 heavy (non-hydrogen) atoms. The lowest BCUT2D eigenvalue weighted by atomic mass is 9.98. The van der Waals surface area contributed by atoms with E-state index in [0.29, 0.717) is 38.2 Å². The number of carbonyl (C=O) groups is 1. The predicted octanol–water partition coefficient (Wildman–Crippen LogP) is 3.72. The van der Waals surface area contributed by atoms with Gasteiger partial charge in [-0.05, 0) is 36.8 Å². The standard InChI is InChI=1S/C22H17N3O5S/c1-11-23-24-22(31-11)25-18(12-8-9-15(28-2)16(10-12)29-3)17-19(26)13-6-4-5-7-14(13)30-20(17)21(25)27/h4-10,18H,1-3H3. The van der Waals surface area contributed by atoms with E-state index in [1.165, 1.54) is 23.3 Å². The third-order valence-corrected chi connectivity index (χ3v) is 6.06. The van der Waals surface area contributed by atoms with Crippen LogP contribution >= 0.6 is 11.3 Å². The molecule has 0 radical (unpaired) electrons. The van der Waals surface area contributed by atoms with Crippen molar-refractivity contribution in [2.75, 3.05) is 19.1 Å². The molecule has 0 saturated heterocycles. The Morgan fingerprint density at radius 3 is 2.52 bits per heavy atom. The van der Waals surface area contributed by atoms with E-state index in [0.717, 1.165) is 0 Å². The highest BCUT2D eigenvalue weighted by molar-refractivity contribution is 7.15. The SMILES string of the molecule is COc1ccc(C2c3c(oc4ccccc4c3=O)C(=O)N2c2nnc(C)s2)cc1OC. The zero-order valence-corrected chi connectivity index (χ0v) is 17.7. The van der Waals surface area contributed by atoms with Gasteiger partial charge in [0.2, 0.25) is 10.9 Å². The molecule has 5 rings (SSSR count). The van der Waals surface area contributed by atoms with Gasteiger partial charge in [-0.15, -0.1) is 10.2 Å². The number of rotatable bonds is 4. The first-order valence-corrected chi connectivity index (χ1v) is 10.3. The van der Waals surface area contributed by atoms with E-state index in [4.69, 9.17) is 13.9 Å². The second kappa shape index (κ2) is 7.21. The van der Waals surface area contributed by atoms with E-state index in [-0.39, 0.29) is 16.8 Å². The van der Waals surface area contributed by atoms with E-state index in [1.807, 2.05) is 0 Å². The number of benzene rings is 2. The van der Waals surface area contributed by atoms with Crippen LogP contribution in [0.25, 0.3) is 11.0 Å². The highest BCUT2D eigenvalue weighted by atomic mass is 32.1. The Labute approximate surface area is 180 Å². The van der Waals surface area contributed by atoms with Crippen molar-refractivity contribution >= 4 is 33.3 Å². The first kappa shape index (κ1) is 19.3. The number of methoxy groups -OCH3 is 2. The first-order valence-electron chi connectivity index (χ1n) is 9.44. The van der Waals surface area contributed by atoms with Gasteiger partial charge in [-0.1, -0.05) is 29.5 Å². The third-order valence-electron chi connectivity index (χ3n) is 5.22. The Morgan fingerprint density at radius 2 is 1.81 bits per heavy atom. The topological polar surface area (TPSA) is 94.8 Å². The number of fused-ring (bicyclic) bond motifs is 2. The molecule has 0 aliphatic carbocycles. The highest BCUT2D eigenvalue weighted by Crippen LogP contribution is 2.43. The van der Waals surface area contributed by atoms with E-state index < -0.39 is 11.9 Å². The van der Waals surface area contributed by atoms with Gasteiger partial charge >= 0.3 is 0 Å². The van der Waals surface area contributed by atoms with Crippen molar-refractivity contribution in [3.05, 3.63) is 74.6 Å². The minimum Gasteiger partial charge on any atom is -0.493 e. The average molecular weight is 435 g/mol. The Bertz CT molecular complexity index is 1390. The molecule has 1 atom stereocenters. The molecule has 1 aliphatic heterocycles. The van der Waals surface area contributed by atoms with Crippen LogP contribution in [0.5, 0.6) is 11.5 Å². The second-order valence-electron chi connectivity index (χ2n) is 6.97. The number of hydrogen-bond acceptors (Lipinski definition) is 8. The van der Waals surface area contributed by atoms with Gasteiger partial charge in [-0.3, -0.25) is 14.5 Å². The number of aromatic nitrogens is 2. The minimum absolute atomic E-state index is 0.0105. The lowest BCUT2D eigenvalue weighted by Crippen LogP contribution is -2.29. The molecule has 0 N–H and O–H groups in total. The van der Waals surface area contributed by atoms with E-state index in [1.54, 1.807) is 56.5 Å². The molecule has 0 spiro atoms. The Hall–Kier alpha value is -3.72. The van der Waals surface area contributed by atoms with Gasteiger partial charge in [0.05, 0.1) is 31.2 Å². The van der Waals surface area contributed by atoms with Crippen LogP contribution in [0.2, 0.25) is 0 Å². The maximum atomic E-state index is 13.5. The molecular formula is C22H17N3O5S. The summed E-state index contributed by atoms with van der Waals surface area (Å²) < 4.78 is 16.7. The largest absolute Gasteiger partial charge is 0.493 e. The van der Waals surface area contributed by atoms with Gasteiger partial charge in [0, 0.05) is 0 Å². The number of amides is 1. The van der Waals surface area contributed by atoms with Crippen molar-refractivity contribution < 1.29 is 18.7 Å². The molecule has 9 heteroatoms. The molecular weight excluding hydrogens is 418 g/mol. The molecule has 0 fully saturated rings. The molecule has 0 saturated carbocycles. The van der Waals surface area contributed by atoms with E-state index in [2.05, 4.69) is 10.2 Å². The quantitative estimate of drug-likeness (QED) is 0.482. The number of ether oxygens (including phenoxy) is 2. The molecule has 156 valence electrons. The van der Waals surface area contributed by atoms with Gasteiger partial charge in [0.1, 0.15) is 10.6 Å². The molecule has 0 bridgehead atoms. The second-order valence-corrected chi connectivity index (χ2v) is 8.13. The monoisotopic (exact) mass is 435 g/mol. The molecule has 1 aliphatic rings. The number of anilines is 1. The zero-order valence-electron chi connectivity index (χ0n) is 16.9. The summed E-state index contributed by atoms with van der Waals surface area (Å²) in [6, 6.07) is 11.4. The van der Waals surface area contributed by atoms with Crippen LogP contribution in [-0.2, 0) is 0 Å². The lowest BCUT2D eigenvalue weighted by molar-refractivity contribution is 0.0970. The van der Waals surface area contributed by atoms with Crippen LogP contribution in [0.3, 0.4) is 0 Å². The predicted molar refractivity (Wildman–Crippen MR) is 115 cm³/mol. The summed E-state index contributed by atoms with van der Waals surface area (Å²) in [5.74, 6) is 0.601. The third kappa shape index (κ3) is 2.89. The average Bonchev–Trinajstić information content (AvgIpc) is 3.34. The van der Waals surface area contributed by atoms with Crippen LogP contribution in [0.4, 0.5) is 5.13 Å². The van der Waals surface area contributed by atoms with Crippen molar-refractivity contribution in [2.24, 2.45) is 0 Å². The summed E-state index contributed by atoms with van der Waals surface area (Å²) in [6.45, 7) is 1.80. The number of nitrogens with zero attached hydrogens (tertiary/aromatic N) is 3. The summed E-state index contributed by atoms with van der Waals surface area (Å²) in [7, 11) is 3.08. The van der Waals surface area contributed by atoms with Crippen molar-refractivity contribution in [2.45, 2.75) is 13.0 Å². The molecule has 2 aromatic heterocycles. The fourth-order valence-corrected chi connectivity index (χ4v) is 4.55. The Balaban J connectivity index is 1.81. The first-order chi connectivity index (χ1) is 15.0. The van der Waals surface area contributed by atoms with Crippen LogP contribution < -0.4 is 19.8 Å². The van der Waals surface area contributed by atoms with Crippen LogP contribution in [0.1, 0.15) is 32.7 Å². The number of aryl methyl sites for hydroxylation is 1. The summed E-state index contributed by atoms with van der Waals surface area (Å²) in [5.41, 5.74) is 1.04. The van der Waals surface area contributed by atoms with Crippen LogP contribution in [0.15, 0.2) is 51.7 Å². The fourth-order valence-electron chi connectivity index (χ4n) is 3.84. The lowest BCUT2D eigenvalue weighted by Gasteiger charge is -2.23. The summed E-state index contributed by atoms with van der Waals surface area (Å²) >= 11 is 1.27. The fraction of sp³-hybridized carbons (Fsp3) is 0.182. The molecule has 1 amide bonds. The van der Waals surface area contributed by atoms with Gasteiger partial charge < -0.3 is 13.9 Å². The summed E-state index contributed by atoms with van der Waals surface area (Å²) in [4.78, 5) is 28.4. The smallest absolute Gasteiger partial charge is 0.297 e. The molecule has 2 aromatic carbocycles. The Kier molecular flexibility index (Phi) is 4.48. The molecule has 3 heterocycles. The summed E-state index contributed by atoms with van der Waals surface area (Å²) in [6.07, 6.45) is 0. The van der Waals surface area contributed by atoms with Crippen molar-refractivity contribution in [3.63, 3.8) is 0 Å². The van der Waals surface area contributed by atoms with Crippen molar-refractivity contribution in [3.8, 4) is 11.5 Å². The maximum absolute atomic E-state index is 13.5.